The van der Waals surface area contributed by atoms with Crippen LogP contribution < -0.4 is 5.32 Å². The maximum Gasteiger partial charge on any atom is 0.243 e. The van der Waals surface area contributed by atoms with E-state index in [4.69, 9.17) is 11.6 Å². The lowest BCUT2D eigenvalue weighted by molar-refractivity contribution is 0.477. The van der Waals surface area contributed by atoms with Gasteiger partial charge in [-0.15, -0.1) is 0 Å². The summed E-state index contributed by atoms with van der Waals surface area (Å²) in [4.78, 5) is 8.86. The number of rotatable bonds is 5. The first kappa shape index (κ1) is 18.2. The van der Waals surface area contributed by atoms with Crippen LogP contribution in [0, 0.1) is 0 Å². The molecule has 1 aliphatic heterocycles. The highest BCUT2D eigenvalue weighted by molar-refractivity contribution is 7.89. The normalized spacial score (nSPS) is 15.3. The van der Waals surface area contributed by atoms with Crippen molar-refractivity contribution in [3.63, 3.8) is 0 Å². The number of fused-ring (bicyclic) bond motifs is 1. The smallest absolute Gasteiger partial charge is 0.243 e. The SMILES string of the molecule is O=S(=O)(c1ccc(CNc2ncnc3cc(Cl)ccc23)cc1)N1CCCC1. The number of nitrogens with zero attached hydrogens (tertiary/aromatic N) is 3. The molecule has 0 atom stereocenters. The van der Waals surface area contributed by atoms with Crippen LogP contribution >= 0.6 is 11.6 Å². The van der Waals surface area contributed by atoms with Gasteiger partial charge in [-0.3, -0.25) is 0 Å². The van der Waals surface area contributed by atoms with Gasteiger partial charge in [0.05, 0.1) is 10.4 Å². The molecule has 0 bridgehead atoms. The molecule has 0 spiro atoms. The van der Waals surface area contributed by atoms with Crippen LogP contribution in [0.1, 0.15) is 18.4 Å². The zero-order chi connectivity index (χ0) is 18.9. The molecule has 27 heavy (non-hydrogen) atoms. The molecule has 6 nitrogen and oxygen atoms in total. The molecular formula is C19H19ClN4O2S. The average molecular weight is 403 g/mol. The van der Waals surface area contributed by atoms with Crippen molar-refractivity contribution < 1.29 is 8.42 Å². The van der Waals surface area contributed by atoms with Gasteiger partial charge in [0.1, 0.15) is 12.1 Å². The number of sulfonamides is 1. The van der Waals surface area contributed by atoms with Gasteiger partial charge in [0.2, 0.25) is 10.0 Å². The fourth-order valence-electron chi connectivity index (χ4n) is 3.21. The molecule has 1 fully saturated rings. The van der Waals surface area contributed by atoms with Crippen LogP contribution in [0.2, 0.25) is 5.02 Å². The zero-order valence-electron chi connectivity index (χ0n) is 14.6. The van der Waals surface area contributed by atoms with E-state index >= 15 is 0 Å². The number of aromatic nitrogens is 2. The van der Waals surface area contributed by atoms with Crippen LogP contribution in [0.3, 0.4) is 0 Å². The number of hydrogen-bond acceptors (Lipinski definition) is 5. The highest BCUT2D eigenvalue weighted by Crippen LogP contribution is 2.24. The van der Waals surface area contributed by atoms with Crippen LogP contribution in [0.15, 0.2) is 53.7 Å². The minimum Gasteiger partial charge on any atom is -0.365 e. The number of halogens is 1. The van der Waals surface area contributed by atoms with E-state index in [0.29, 0.717) is 35.4 Å². The Morgan fingerprint density at radius 3 is 2.52 bits per heavy atom. The maximum atomic E-state index is 12.6. The monoisotopic (exact) mass is 402 g/mol. The summed E-state index contributed by atoms with van der Waals surface area (Å²) in [5, 5.41) is 4.79. The summed E-state index contributed by atoms with van der Waals surface area (Å²) in [7, 11) is -3.38. The van der Waals surface area contributed by atoms with Gasteiger partial charge < -0.3 is 5.32 Å². The molecule has 0 saturated carbocycles. The largest absolute Gasteiger partial charge is 0.365 e. The molecule has 1 aliphatic rings. The summed E-state index contributed by atoms with van der Waals surface area (Å²) >= 11 is 6.01. The molecule has 0 unspecified atom stereocenters. The molecule has 4 rings (SSSR count). The van der Waals surface area contributed by atoms with Gasteiger partial charge in [0, 0.05) is 30.0 Å². The highest BCUT2D eigenvalue weighted by Gasteiger charge is 2.26. The Labute approximate surface area is 163 Å². The van der Waals surface area contributed by atoms with Crippen LogP contribution in [-0.2, 0) is 16.6 Å². The van der Waals surface area contributed by atoms with E-state index < -0.39 is 10.0 Å². The van der Waals surface area contributed by atoms with Crippen molar-refractivity contribution in [2.45, 2.75) is 24.3 Å². The Morgan fingerprint density at radius 2 is 1.78 bits per heavy atom. The fourth-order valence-corrected chi connectivity index (χ4v) is 4.90. The van der Waals surface area contributed by atoms with E-state index in [9.17, 15) is 8.42 Å². The Bertz CT molecular complexity index is 1060. The standard InChI is InChI=1S/C19H19ClN4O2S/c20-15-5-8-17-18(11-15)22-13-23-19(17)21-12-14-3-6-16(7-4-14)27(25,26)24-9-1-2-10-24/h3-8,11,13H,1-2,9-10,12H2,(H,21,22,23). The van der Waals surface area contributed by atoms with Gasteiger partial charge in [-0.25, -0.2) is 18.4 Å². The molecule has 140 valence electrons. The minimum atomic E-state index is -3.38. The highest BCUT2D eigenvalue weighted by atomic mass is 35.5. The second-order valence-corrected chi connectivity index (χ2v) is 8.87. The molecule has 1 aromatic heterocycles. The third-order valence-electron chi connectivity index (χ3n) is 4.68. The van der Waals surface area contributed by atoms with Crippen molar-refractivity contribution in [2.24, 2.45) is 0 Å². The first-order valence-corrected chi connectivity index (χ1v) is 10.6. The summed E-state index contributed by atoms with van der Waals surface area (Å²) in [5.74, 6) is 0.713. The van der Waals surface area contributed by atoms with Crippen molar-refractivity contribution in [3.05, 3.63) is 59.4 Å². The lowest BCUT2D eigenvalue weighted by Gasteiger charge is -2.15. The van der Waals surface area contributed by atoms with Gasteiger partial charge >= 0.3 is 0 Å². The van der Waals surface area contributed by atoms with E-state index in [0.717, 1.165) is 29.3 Å². The molecule has 1 saturated heterocycles. The Hall–Kier alpha value is -2.22. The van der Waals surface area contributed by atoms with E-state index in [1.54, 1.807) is 28.6 Å². The molecule has 8 heteroatoms. The number of nitrogens with one attached hydrogen (secondary N) is 1. The summed E-state index contributed by atoms with van der Waals surface area (Å²) < 4.78 is 26.7. The predicted octanol–water partition coefficient (Wildman–Crippen LogP) is 3.68. The predicted molar refractivity (Wildman–Crippen MR) is 106 cm³/mol. The van der Waals surface area contributed by atoms with Crippen molar-refractivity contribution in [1.29, 1.82) is 0 Å². The van der Waals surface area contributed by atoms with E-state index in [2.05, 4.69) is 15.3 Å². The van der Waals surface area contributed by atoms with Gasteiger partial charge in [-0.05, 0) is 48.7 Å². The Morgan fingerprint density at radius 1 is 1.04 bits per heavy atom. The summed E-state index contributed by atoms with van der Waals surface area (Å²) in [6.45, 7) is 1.74. The number of hydrogen-bond donors (Lipinski definition) is 1. The van der Waals surface area contributed by atoms with Crippen LogP contribution in [-0.4, -0.2) is 35.8 Å². The molecule has 3 aromatic rings. The van der Waals surface area contributed by atoms with Crippen molar-refractivity contribution in [2.75, 3.05) is 18.4 Å². The first-order chi connectivity index (χ1) is 13.0. The molecule has 0 aliphatic carbocycles. The Balaban J connectivity index is 1.50. The number of anilines is 1. The lowest BCUT2D eigenvalue weighted by atomic mass is 10.2. The van der Waals surface area contributed by atoms with Gasteiger partial charge in [-0.1, -0.05) is 23.7 Å². The molecule has 2 heterocycles. The topological polar surface area (TPSA) is 75.2 Å². The van der Waals surface area contributed by atoms with Crippen molar-refractivity contribution in [3.8, 4) is 0 Å². The molecular weight excluding hydrogens is 384 g/mol. The zero-order valence-corrected chi connectivity index (χ0v) is 16.2. The van der Waals surface area contributed by atoms with E-state index in [1.807, 2.05) is 18.2 Å². The third-order valence-corrected chi connectivity index (χ3v) is 6.83. The van der Waals surface area contributed by atoms with Crippen molar-refractivity contribution >= 4 is 38.3 Å². The summed E-state index contributed by atoms with van der Waals surface area (Å²) in [5.41, 5.74) is 1.74. The molecule has 0 radical (unpaired) electrons. The van der Waals surface area contributed by atoms with Crippen LogP contribution in [0.25, 0.3) is 10.9 Å². The minimum absolute atomic E-state index is 0.343. The maximum absolute atomic E-state index is 12.6. The fraction of sp³-hybridized carbons (Fsp3) is 0.263. The third kappa shape index (κ3) is 3.76. The summed E-state index contributed by atoms with van der Waals surface area (Å²) in [6, 6.07) is 12.5. The van der Waals surface area contributed by atoms with Crippen molar-refractivity contribution in [1.82, 2.24) is 14.3 Å². The lowest BCUT2D eigenvalue weighted by Crippen LogP contribution is -2.27. The average Bonchev–Trinajstić information content (AvgIpc) is 3.22. The second kappa shape index (κ2) is 7.42. The van der Waals surface area contributed by atoms with Crippen LogP contribution in [0.5, 0.6) is 0 Å². The molecule has 1 N–H and O–H groups in total. The molecule has 2 aromatic carbocycles. The first-order valence-electron chi connectivity index (χ1n) is 8.77. The Kier molecular flexibility index (Phi) is 4.99. The van der Waals surface area contributed by atoms with Gasteiger partial charge in [-0.2, -0.15) is 4.31 Å². The van der Waals surface area contributed by atoms with Gasteiger partial charge in [0.15, 0.2) is 0 Å². The quantitative estimate of drug-likeness (QED) is 0.704. The van der Waals surface area contributed by atoms with E-state index in [1.165, 1.54) is 6.33 Å². The van der Waals surface area contributed by atoms with Gasteiger partial charge in [0.25, 0.3) is 0 Å². The second-order valence-electron chi connectivity index (χ2n) is 6.49. The molecule has 0 amide bonds. The van der Waals surface area contributed by atoms with Crippen LogP contribution in [0.4, 0.5) is 5.82 Å². The summed E-state index contributed by atoms with van der Waals surface area (Å²) in [6.07, 6.45) is 3.35. The van der Waals surface area contributed by atoms with E-state index in [-0.39, 0.29) is 0 Å². The number of benzene rings is 2.